The molecule has 0 aliphatic carbocycles. The van der Waals surface area contributed by atoms with Crippen LogP contribution in [0.2, 0.25) is 0 Å². The van der Waals surface area contributed by atoms with E-state index in [1.807, 2.05) is 4.90 Å². The molecule has 0 saturated carbocycles. The molecule has 1 amide bonds. The van der Waals surface area contributed by atoms with Crippen molar-refractivity contribution in [3.05, 3.63) is 0 Å². The van der Waals surface area contributed by atoms with E-state index in [0.29, 0.717) is 19.2 Å². The molecule has 0 spiro atoms. The summed E-state index contributed by atoms with van der Waals surface area (Å²) in [5.41, 5.74) is 5.66. The smallest absolute Gasteiger partial charge is 0.228 e. The van der Waals surface area contributed by atoms with Crippen molar-refractivity contribution in [1.82, 2.24) is 9.80 Å². The second-order valence-corrected chi connectivity index (χ2v) is 5.01. The molecule has 5 heteroatoms. The molecule has 0 radical (unpaired) electrons. The molecule has 0 bridgehead atoms. The molecule has 17 heavy (non-hydrogen) atoms. The number of amides is 1. The Hall–Kier alpha value is -0.650. The summed E-state index contributed by atoms with van der Waals surface area (Å²) in [5, 5.41) is 0. The standard InChI is InChI=1S/C12H23N3O2/c1-10(8-13)14-3-5-15(6-4-14)12(16)11-2-7-17-9-11/h10-11H,2-9,13H2,1H3. The van der Waals surface area contributed by atoms with Gasteiger partial charge < -0.3 is 15.4 Å². The topological polar surface area (TPSA) is 58.8 Å². The quantitative estimate of drug-likeness (QED) is 0.724. The van der Waals surface area contributed by atoms with Crippen molar-refractivity contribution in [2.75, 3.05) is 45.9 Å². The van der Waals surface area contributed by atoms with E-state index >= 15 is 0 Å². The Labute approximate surface area is 103 Å². The average Bonchev–Trinajstić information content (AvgIpc) is 2.91. The highest BCUT2D eigenvalue weighted by Crippen LogP contribution is 2.17. The SMILES string of the molecule is CC(CN)N1CCN(C(=O)C2CCOC2)CC1. The third-order valence-corrected chi connectivity index (χ3v) is 3.87. The molecule has 0 aromatic rings. The van der Waals surface area contributed by atoms with E-state index in [1.54, 1.807) is 0 Å². The van der Waals surface area contributed by atoms with Crippen molar-refractivity contribution >= 4 is 5.91 Å². The number of carbonyl (C=O) groups is 1. The van der Waals surface area contributed by atoms with Crippen LogP contribution in [0, 0.1) is 5.92 Å². The molecule has 2 N–H and O–H groups in total. The maximum Gasteiger partial charge on any atom is 0.228 e. The van der Waals surface area contributed by atoms with Gasteiger partial charge in [0.15, 0.2) is 0 Å². The minimum atomic E-state index is 0.105. The van der Waals surface area contributed by atoms with Crippen LogP contribution >= 0.6 is 0 Å². The second-order valence-electron chi connectivity index (χ2n) is 5.01. The van der Waals surface area contributed by atoms with Crippen LogP contribution in [0.25, 0.3) is 0 Å². The van der Waals surface area contributed by atoms with E-state index in [9.17, 15) is 4.79 Å². The minimum absolute atomic E-state index is 0.105. The van der Waals surface area contributed by atoms with Crippen LogP contribution in [0.5, 0.6) is 0 Å². The highest BCUT2D eigenvalue weighted by molar-refractivity contribution is 5.79. The van der Waals surface area contributed by atoms with Gasteiger partial charge in [0.2, 0.25) is 5.91 Å². The first kappa shape index (κ1) is 12.8. The molecule has 0 aromatic carbocycles. The predicted molar refractivity (Wildman–Crippen MR) is 65.6 cm³/mol. The normalized spacial score (nSPS) is 28.4. The molecule has 98 valence electrons. The number of nitrogens with zero attached hydrogens (tertiary/aromatic N) is 2. The monoisotopic (exact) mass is 241 g/mol. The lowest BCUT2D eigenvalue weighted by molar-refractivity contribution is -0.137. The highest BCUT2D eigenvalue weighted by Gasteiger charge is 2.30. The third-order valence-electron chi connectivity index (χ3n) is 3.87. The van der Waals surface area contributed by atoms with Crippen LogP contribution < -0.4 is 5.73 Å². The number of hydrogen-bond acceptors (Lipinski definition) is 4. The second kappa shape index (κ2) is 5.80. The van der Waals surface area contributed by atoms with Gasteiger partial charge in [-0.1, -0.05) is 0 Å². The maximum absolute atomic E-state index is 12.1. The first-order valence-corrected chi connectivity index (χ1v) is 6.53. The van der Waals surface area contributed by atoms with Crippen LogP contribution in [-0.2, 0) is 9.53 Å². The molecule has 2 aliphatic heterocycles. The first-order chi connectivity index (χ1) is 8.22. The van der Waals surface area contributed by atoms with Gasteiger partial charge in [-0.25, -0.2) is 0 Å². The van der Waals surface area contributed by atoms with Crippen LogP contribution in [0.4, 0.5) is 0 Å². The van der Waals surface area contributed by atoms with E-state index in [4.69, 9.17) is 10.5 Å². The lowest BCUT2D eigenvalue weighted by Crippen LogP contribution is -2.53. The zero-order valence-corrected chi connectivity index (χ0v) is 10.6. The first-order valence-electron chi connectivity index (χ1n) is 6.53. The van der Waals surface area contributed by atoms with E-state index in [1.165, 1.54) is 0 Å². The number of ether oxygens (including phenoxy) is 1. The fourth-order valence-corrected chi connectivity index (χ4v) is 2.52. The van der Waals surface area contributed by atoms with Gasteiger partial charge in [0.25, 0.3) is 0 Å². The lowest BCUT2D eigenvalue weighted by Gasteiger charge is -2.38. The summed E-state index contributed by atoms with van der Waals surface area (Å²) in [5.74, 6) is 0.385. The Morgan fingerprint density at radius 1 is 1.41 bits per heavy atom. The van der Waals surface area contributed by atoms with Gasteiger partial charge in [0, 0.05) is 45.4 Å². The Balaban J connectivity index is 1.80. The largest absolute Gasteiger partial charge is 0.381 e. The summed E-state index contributed by atoms with van der Waals surface area (Å²) in [7, 11) is 0. The number of piperazine rings is 1. The molecular weight excluding hydrogens is 218 g/mol. The molecule has 2 saturated heterocycles. The van der Waals surface area contributed by atoms with Crippen LogP contribution in [-0.4, -0.2) is 67.7 Å². The summed E-state index contributed by atoms with van der Waals surface area (Å²) < 4.78 is 5.27. The summed E-state index contributed by atoms with van der Waals surface area (Å²) in [4.78, 5) is 16.5. The highest BCUT2D eigenvalue weighted by atomic mass is 16.5. The predicted octanol–water partition coefficient (Wildman–Crippen LogP) is -0.486. The van der Waals surface area contributed by atoms with E-state index in [-0.39, 0.29) is 11.8 Å². The van der Waals surface area contributed by atoms with Gasteiger partial charge in [-0.05, 0) is 13.3 Å². The molecular formula is C12H23N3O2. The van der Waals surface area contributed by atoms with Gasteiger partial charge in [-0.2, -0.15) is 0 Å². The van der Waals surface area contributed by atoms with Crippen molar-refractivity contribution in [3.8, 4) is 0 Å². The zero-order chi connectivity index (χ0) is 12.3. The van der Waals surface area contributed by atoms with E-state index in [2.05, 4.69) is 11.8 Å². The Morgan fingerprint density at radius 3 is 2.65 bits per heavy atom. The van der Waals surface area contributed by atoms with Crippen LogP contribution in [0.15, 0.2) is 0 Å². The van der Waals surface area contributed by atoms with Crippen molar-refractivity contribution < 1.29 is 9.53 Å². The summed E-state index contributed by atoms with van der Waals surface area (Å²) in [6, 6.07) is 0.419. The summed E-state index contributed by atoms with van der Waals surface area (Å²) in [6.07, 6.45) is 0.887. The fraction of sp³-hybridized carbons (Fsp3) is 0.917. The van der Waals surface area contributed by atoms with Crippen molar-refractivity contribution in [2.45, 2.75) is 19.4 Å². The van der Waals surface area contributed by atoms with Crippen LogP contribution in [0.3, 0.4) is 0 Å². The Kier molecular flexibility index (Phi) is 4.36. The molecule has 2 heterocycles. The molecule has 2 rings (SSSR count). The van der Waals surface area contributed by atoms with Gasteiger partial charge >= 0.3 is 0 Å². The molecule has 0 aromatic heterocycles. The van der Waals surface area contributed by atoms with Crippen LogP contribution in [0.1, 0.15) is 13.3 Å². The number of rotatable bonds is 3. The third kappa shape index (κ3) is 2.97. The molecule has 5 nitrogen and oxygen atoms in total. The van der Waals surface area contributed by atoms with Gasteiger partial charge in [-0.3, -0.25) is 9.69 Å². The Morgan fingerprint density at radius 2 is 2.12 bits per heavy atom. The number of hydrogen-bond donors (Lipinski definition) is 1. The Bertz CT molecular complexity index is 258. The van der Waals surface area contributed by atoms with Crippen molar-refractivity contribution in [2.24, 2.45) is 11.7 Å². The number of nitrogens with two attached hydrogens (primary N) is 1. The number of carbonyl (C=O) groups excluding carboxylic acids is 1. The minimum Gasteiger partial charge on any atom is -0.381 e. The molecule has 2 fully saturated rings. The van der Waals surface area contributed by atoms with Crippen molar-refractivity contribution in [1.29, 1.82) is 0 Å². The van der Waals surface area contributed by atoms with E-state index in [0.717, 1.165) is 39.2 Å². The van der Waals surface area contributed by atoms with Gasteiger partial charge in [0.05, 0.1) is 12.5 Å². The lowest BCUT2D eigenvalue weighted by atomic mass is 10.1. The van der Waals surface area contributed by atoms with E-state index < -0.39 is 0 Å². The molecule has 2 unspecified atom stereocenters. The fourth-order valence-electron chi connectivity index (χ4n) is 2.52. The van der Waals surface area contributed by atoms with Crippen molar-refractivity contribution in [3.63, 3.8) is 0 Å². The molecule has 2 aliphatic rings. The summed E-state index contributed by atoms with van der Waals surface area (Å²) >= 11 is 0. The zero-order valence-electron chi connectivity index (χ0n) is 10.6. The molecule has 2 atom stereocenters. The maximum atomic E-state index is 12.1. The summed E-state index contributed by atoms with van der Waals surface area (Å²) in [6.45, 7) is 7.72. The van der Waals surface area contributed by atoms with Gasteiger partial charge in [0.1, 0.15) is 0 Å². The average molecular weight is 241 g/mol. The van der Waals surface area contributed by atoms with Gasteiger partial charge in [-0.15, -0.1) is 0 Å².